The minimum absolute atomic E-state index is 0.108. The largest absolute Gasteiger partial charge is 0.497 e. The Morgan fingerprint density at radius 2 is 1.74 bits per heavy atom. The molecule has 0 saturated carbocycles. The van der Waals surface area contributed by atoms with Gasteiger partial charge in [-0.2, -0.15) is 0 Å². The van der Waals surface area contributed by atoms with Gasteiger partial charge in [0.1, 0.15) is 17.5 Å². The summed E-state index contributed by atoms with van der Waals surface area (Å²) >= 11 is 0. The highest BCUT2D eigenvalue weighted by molar-refractivity contribution is 5.84. The van der Waals surface area contributed by atoms with Crippen molar-refractivity contribution in [3.63, 3.8) is 0 Å². The van der Waals surface area contributed by atoms with Crippen molar-refractivity contribution in [3.8, 4) is 11.5 Å². The zero-order valence-electron chi connectivity index (χ0n) is 17.9. The maximum absolute atomic E-state index is 13.1. The van der Waals surface area contributed by atoms with Gasteiger partial charge in [0.2, 0.25) is 5.91 Å². The number of rotatable bonds is 11. The van der Waals surface area contributed by atoms with Crippen LogP contribution in [0, 0.1) is 0 Å². The molecule has 3 rings (SSSR count). The molecule has 0 aliphatic rings. The van der Waals surface area contributed by atoms with E-state index < -0.39 is 6.04 Å². The lowest BCUT2D eigenvalue weighted by Gasteiger charge is -2.21. The fourth-order valence-electron chi connectivity index (χ4n) is 3.29. The number of amides is 1. The molecule has 1 atom stereocenters. The molecule has 1 amide bonds. The fraction of sp³-hybridized carbons (Fsp3) is 0.292. The van der Waals surface area contributed by atoms with Crippen LogP contribution in [0.15, 0.2) is 67.3 Å². The van der Waals surface area contributed by atoms with Crippen LogP contribution in [0.25, 0.3) is 0 Å². The number of hydrogen-bond acceptors (Lipinski definition) is 6. The Kier molecular flexibility index (Phi) is 8.37. The van der Waals surface area contributed by atoms with Gasteiger partial charge in [-0.15, -0.1) is 0 Å². The Hall–Kier alpha value is -3.45. The number of methoxy groups -OCH3 is 2. The van der Waals surface area contributed by atoms with E-state index in [0.717, 1.165) is 29.5 Å². The van der Waals surface area contributed by atoms with Crippen molar-refractivity contribution in [1.82, 2.24) is 20.6 Å². The summed E-state index contributed by atoms with van der Waals surface area (Å²) in [5, 5.41) is 6.41. The Morgan fingerprint density at radius 3 is 2.45 bits per heavy atom. The van der Waals surface area contributed by atoms with Crippen molar-refractivity contribution < 1.29 is 14.3 Å². The second kappa shape index (κ2) is 11.7. The summed E-state index contributed by atoms with van der Waals surface area (Å²) in [6.07, 6.45) is 8.57. The van der Waals surface area contributed by atoms with Crippen LogP contribution in [0.4, 0.5) is 0 Å². The molecule has 2 heterocycles. The van der Waals surface area contributed by atoms with Crippen LogP contribution < -0.4 is 20.1 Å². The molecular formula is C24H28N4O3. The summed E-state index contributed by atoms with van der Waals surface area (Å²) in [6.45, 7) is 1.14. The van der Waals surface area contributed by atoms with Gasteiger partial charge in [0.05, 0.1) is 14.2 Å². The molecule has 0 bridgehead atoms. The van der Waals surface area contributed by atoms with Crippen LogP contribution in [0.3, 0.4) is 0 Å². The highest BCUT2D eigenvalue weighted by Crippen LogP contribution is 2.29. The first-order chi connectivity index (χ1) is 15.2. The Bertz CT molecular complexity index is 952. The smallest absolute Gasteiger partial charge is 0.241 e. The molecule has 0 saturated heterocycles. The number of hydrogen-bond donors (Lipinski definition) is 2. The van der Waals surface area contributed by atoms with Crippen molar-refractivity contribution in [2.45, 2.75) is 18.9 Å². The fourth-order valence-corrected chi connectivity index (χ4v) is 3.29. The first kappa shape index (κ1) is 22.2. The molecule has 0 radical (unpaired) electrons. The number of carbonyl (C=O) groups excluding carboxylic acids is 1. The van der Waals surface area contributed by atoms with Crippen molar-refractivity contribution >= 4 is 5.91 Å². The summed E-state index contributed by atoms with van der Waals surface area (Å²) in [7, 11) is 3.19. The van der Waals surface area contributed by atoms with E-state index in [1.54, 1.807) is 38.9 Å². The summed E-state index contributed by atoms with van der Waals surface area (Å²) in [5.41, 5.74) is 2.99. The Labute approximate surface area is 182 Å². The highest BCUT2D eigenvalue weighted by atomic mass is 16.5. The monoisotopic (exact) mass is 420 g/mol. The molecule has 1 aromatic carbocycles. The third-order valence-corrected chi connectivity index (χ3v) is 4.96. The van der Waals surface area contributed by atoms with Crippen LogP contribution in [0.5, 0.6) is 11.5 Å². The lowest BCUT2D eigenvalue weighted by Crippen LogP contribution is -2.39. The molecule has 1 unspecified atom stereocenters. The van der Waals surface area contributed by atoms with E-state index in [0.29, 0.717) is 24.6 Å². The van der Waals surface area contributed by atoms with Gasteiger partial charge in [0.15, 0.2) is 0 Å². The molecular weight excluding hydrogens is 392 g/mol. The number of carbonyl (C=O) groups is 1. The van der Waals surface area contributed by atoms with Gasteiger partial charge < -0.3 is 20.1 Å². The molecule has 31 heavy (non-hydrogen) atoms. The first-order valence-electron chi connectivity index (χ1n) is 10.2. The van der Waals surface area contributed by atoms with Gasteiger partial charge in [-0.3, -0.25) is 14.8 Å². The van der Waals surface area contributed by atoms with Gasteiger partial charge in [0.25, 0.3) is 0 Å². The molecule has 0 aliphatic carbocycles. The molecule has 2 N–H and O–H groups in total. The van der Waals surface area contributed by atoms with E-state index in [1.807, 2.05) is 42.6 Å². The number of nitrogens with one attached hydrogen (secondary N) is 2. The molecule has 7 nitrogen and oxygen atoms in total. The highest BCUT2D eigenvalue weighted by Gasteiger charge is 2.23. The summed E-state index contributed by atoms with van der Waals surface area (Å²) < 4.78 is 10.8. The number of ether oxygens (including phenoxy) is 2. The molecule has 162 valence electrons. The first-order valence-corrected chi connectivity index (χ1v) is 10.2. The number of benzene rings is 1. The van der Waals surface area contributed by atoms with Gasteiger partial charge in [-0.1, -0.05) is 6.07 Å². The minimum atomic E-state index is -0.560. The van der Waals surface area contributed by atoms with Crippen LogP contribution in [0.1, 0.15) is 22.7 Å². The summed E-state index contributed by atoms with van der Waals surface area (Å²) in [4.78, 5) is 21.3. The van der Waals surface area contributed by atoms with Crippen molar-refractivity contribution in [3.05, 3.63) is 83.9 Å². The lowest BCUT2D eigenvalue weighted by molar-refractivity contribution is -0.123. The van der Waals surface area contributed by atoms with Crippen molar-refractivity contribution in [2.24, 2.45) is 0 Å². The lowest BCUT2D eigenvalue weighted by atomic mass is 10.0. The maximum Gasteiger partial charge on any atom is 0.241 e. The quantitative estimate of drug-likeness (QED) is 0.496. The maximum atomic E-state index is 13.1. The summed E-state index contributed by atoms with van der Waals surface area (Å²) in [5.74, 6) is 1.17. The van der Waals surface area contributed by atoms with Crippen LogP contribution >= 0.6 is 0 Å². The zero-order chi connectivity index (χ0) is 21.9. The van der Waals surface area contributed by atoms with Gasteiger partial charge >= 0.3 is 0 Å². The van der Waals surface area contributed by atoms with Crippen molar-refractivity contribution in [1.29, 1.82) is 0 Å². The Balaban J connectivity index is 1.70. The molecule has 3 aromatic rings. The van der Waals surface area contributed by atoms with E-state index in [4.69, 9.17) is 9.47 Å². The van der Waals surface area contributed by atoms with E-state index in [9.17, 15) is 4.79 Å². The average Bonchev–Trinajstić information content (AvgIpc) is 2.83. The van der Waals surface area contributed by atoms with Gasteiger partial charge in [-0.05, 0) is 54.3 Å². The third-order valence-electron chi connectivity index (χ3n) is 4.96. The average molecular weight is 421 g/mol. The predicted octanol–water partition coefficient (Wildman–Crippen LogP) is 2.73. The van der Waals surface area contributed by atoms with Gasteiger partial charge in [-0.25, -0.2) is 0 Å². The number of aromatic nitrogens is 2. The molecule has 0 aliphatic heterocycles. The topological polar surface area (TPSA) is 85.4 Å². The molecule has 0 fully saturated rings. The number of pyridine rings is 2. The molecule has 0 spiro atoms. The van der Waals surface area contributed by atoms with Crippen LogP contribution in [0.2, 0.25) is 0 Å². The predicted molar refractivity (Wildman–Crippen MR) is 119 cm³/mol. The zero-order valence-corrected chi connectivity index (χ0v) is 17.9. The third kappa shape index (κ3) is 6.52. The Morgan fingerprint density at radius 1 is 0.935 bits per heavy atom. The summed E-state index contributed by atoms with van der Waals surface area (Å²) in [6, 6.07) is 12.7. The van der Waals surface area contributed by atoms with Crippen LogP contribution in [-0.4, -0.2) is 43.2 Å². The molecule has 2 aromatic heterocycles. The normalized spacial score (nSPS) is 11.5. The van der Waals surface area contributed by atoms with E-state index >= 15 is 0 Å². The van der Waals surface area contributed by atoms with Crippen LogP contribution in [-0.2, 0) is 17.6 Å². The van der Waals surface area contributed by atoms with E-state index in [1.165, 1.54) is 0 Å². The van der Waals surface area contributed by atoms with E-state index in [2.05, 4.69) is 20.6 Å². The van der Waals surface area contributed by atoms with E-state index in [-0.39, 0.29) is 5.91 Å². The van der Waals surface area contributed by atoms with Crippen molar-refractivity contribution in [2.75, 3.05) is 27.3 Å². The minimum Gasteiger partial charge on any atom is -0.497 e. The second-order valence-corrected chi connectivity index (χ2v) is 7.00. The standard InChI is InChI=1S/C24H28N4O3/c1-30-20-5-6-21(22(16-20)31-2)23(27-14-10-19-4-3-11-26-17-19)24(29)28-15-9-18-7-12-25-13-8-18/h3-8,11-13,16-17,23,27H,9-10,14-15H2,1-2H3,(H,28,29). The SMILES string of the molecule is COc1ccc(C(NCCc2cccnc2)C(=O)NCCc2ccncc2)c(OC)c1. The van der Waals surface area contributed by atoms with Gasteiger partial charge in [0, 0.05) is 49.5 Å². The number of nitrogens with zero attached hydrogens (tertiary/aromatic N) is 2. The molecule has 7 heteroatoms. The second-order valence-electron chi connectivity index (χ2n) is 7.00.